The highest BCUT2D eigenvalue weighted by Crippen LogP contribution is 2.36. The van der Waals surface area contributed by atoms with Crippen LogP contribution in [0.4, 0.5) is 23.7 Å². The number of aromatic nitrogens is 1. The van der Waals surface area contributed by atoms with Gasteiger partial charge in [-0.05, 0) is 42.8 Å². The second-order valence-electron chi connectivity index (χ2n) is 6.86. The maximum atomic E-state index is 13.0. The number of urea groups is 1. The van der Waals surface area contributed by atoms with Crippen LogP contribution in [0.15, 0.2) is 65.3 Å². The molecule has 0 saturated heterocycles. The number of alkyl halides is 3. The van der Waals surface area contributed by atoms with Crippen molar-refractivity contribution >= 4 is 33.6 Å². The standard InChI is InChI=1S/C22H18BrF3N4O3/c1-13-5-3-4-6-19(13)33-15-9-10-27-18(12-15)20(31)30(2)21(32)29-28-14-7-8-17(23)16(11-14)22(24,25)26/h3-12,28H,1-2H3,(H,29,32). The topological polar surface area (TPSA) is 83.6 Å². The zero-order valence-electron chi connectivity index (χ0n) is 17.4. The van der Waals surface area contributed by atoms with Gasteiger partial charge in [0.05, 0.1) is 11.3 Å². The Balaban J connectivity index is 1.66. The van der Waals surface area contributed by atoms with Gasteiger partial charge in [-0.1, -0.05) is 34.1 Å². The SMILES string of the molecule is Cc1ccccc1Oc1ccnc(C(=O)N(C)C(=O)NNc2ccc(Br)c(C(F)(F)F)c2)c1. The van der Waals surface area contributed by atoms with Gasteiger partial charge in [0.15, 0.2) is 0 Å². The van der Waals surface area contributed by atoms with E-state index in [2.05, 4.69) is 31.8 Å². The molecule has 11 heteroatoms. The minimum absolute atomic E-state index is 0.0218. The molecular formula is C22H18BrF3N4O3. The second kappa shape index (κ2) is 9.90. The van der Waals surface area contributed by atoms with Crippen molar-refractivity contribution in [3.63, 3.8) is 0 Å². The zero-order valence-corrected chi connectivity index (χ0v) is 19.0. The third kappa shape index (κ3) is 6.01. The molecule has 3 aromatic rings. The lowest BCUT2D eigenvalue weighted by molar-refractivity contribution is -0.138. The molecule has 3 rings (SSSR count). The highest BCUT2D eigenvalue weighted by atomic mass is 79.9. The smallest absolute Gasteiger partial charge is 0.417 e. The van der Waals surface area contributed by atoms with E-state index in [9.17, 15) is 22.8 Å². The van der Waals surface area contributed by atoms with Crippen molar-refractivity contribution in [1.29, 1.82) is 0 Å². The molecule has 2 aromatic carbocycles. The Kier molecular flexibility index (Phi) is 7.22. The monoisotopic (exact) mass is 522 g/mol. The summed E-state index contributed by atoms with van der Waals surface area (Å²) in [4.78, 5) is 29.7. The molecule has 0 aliphatic rings. The average molecular weight is 523 g/mol. The van der Waals surface area contributed by atoms with Crippen LogP contribution in [0.25, 0.3) is 0 Å². The van der Waals surface area contributed by atoms with E-state index < -0.39 is 23.7 Å². The van der Waals surface area contributed by atoms with Gasteiger partial charge in [0, 0.05) is 23.8 Å². The largest absolute Gasteiger partial charge is 0.457 e. The summed E-state index contributed by atoms with van der Waals surface area (Å²) in [7, 11) is 1.21. The molecule has 0 aliphatic carbocycles. The van der Waals surface area contributed by atoms with Crippen LogP contribution >= 0.6 is 15.9 Å². The van der Waals surface area contributed by atoms with Crippen molar-refractivity contribution in [3.05, 3.63) is 82.1 Å². The summed E-state index contributed by atoms with van der Waals surface area (Å²) in [6, 6.07) is 12.7. The van der Waals surface area contributed by atoms with Gasteiger partial charge in [-0.3, -0.25) is 25.5 Å². The summed E-state index contributed by atoms with van der Waals surface area (Å²) in [5.41, 5.74) is 4.45. The minimum Gasteiger partial charge on any atom is -0.457 e. The number of halogens is 4. The van der Waals surface area contributed by atoms with Crippen LogP contribution < -0.4 is 15.6 Å². The van der Waals surface area contributed by atoms with E-state index in [1.165, 1.54) is 31.4 Å². The molecule has 3 amide bonds. The normalized spacial score (nSPS) is 11.0. The summed E-state index contributed by atoms with van der Waals surface area (Å²) in [5, 5.41) is 0. The number of hydrazine groups is 1. The molecule has 1 aromatic heterocycles. The molecule has 0 saturated carbocycles. The van der Waals surface area contributed by atoms with Crippen LogP contribution in [0, 0.1) is 6.92 Å². The van der Waals surface area contributed by atoms with Crippen LogP contribution in [0.3, 0.4) is 0 Å². The number of imide groups is 1. The van der Waals surface area contributed by atoms with Crippen molar-refractivity contribution in [2.24, 2.45) is 0 Å². The minimum atomic E-state index is -4.58. The number of anilines is 1. The van der Waals surface area contributed by atoms with Gasteiger partial charge in [-0.25, -0.2) is 4.79 Å². The fourth-order valence-electron chi connectivity index (χ4n) is 2.68. The molecule has 172 valence electrons. The van der Waals surface area contributed by atoms with E-state index in [1.54, 1.807) is 12.1 Å². The Morgan fingerprint density at radius 3 is 2.52 bits per heavy atom. The van der Waals surface area contributed by atoms with Crippen molar-refractivity contribution in [2.45, 2.75) is 13.1 Å². The number of para-hydroxylation sites is 1. The molecule has 0 unspecified atom stereocenters. The van der Waals surface area contributed by atoms with Crippen molar-refractivity contribution in [3.8, 4) is 11.5 Å². The molecule has 2 N–H and O–H groups in total. The maximum absolute atomic E-state index is 13.0. The van der Waals surface area contributed by atoms with Crippen molar-refractivity contribution < 1.29 is 27.5 Å². The van der Waals surface area contributed by atoms with Crippen LogP contribution in [-0.4, -0.2) is 28.9 Å². The Hall–Kier alpha value is -3.60. The summed E-state index contributed by atoms with van der Waals surface area (Å²) < 4.78 is 44.7. The molecule has 0 fully saturated rings. The molecule has 0 aliphatic heterocycles. The first-order valence-electron chi connectivity index (χ1n) is 9.46. The summed E-state index contributed by atoms with van der Waals surface area (Å²) in [5.74, 6) is 0.213. The molecule has 0 atom stereocenters. The number of nitrogens with one attached hydrogen (secondary N) is 2. The quantitative estimate of drug-likeness (QED) is 0.415. The molecule has 0 bridgehead atoms. The van der Waals surface area contributed by atoms with Gasteiger partial charge < -0.3 is 4.74 Å². The van der Waals surface area contributed by atoms with E-state index in [0.29, 0.717) is 11.5 Å². The third-order valence-corrected chi connectivity index (χ3v) is 5.16. The second-order valence-corrected chi connectivity index (χ2v) is 7.71. The third-order valence-electron chi connectivity index (χ3n) is 4.47. The predicted molar refractivity (Wildman–Crippen MR) is 119 cm³/mol. The van der Waals surface area contributed by atoms with E-state index in [4.69, 9.17) is 4.74 Å². The molecule has 0 radical (unpaired) electrons. The van der Waals surface area contributed by atoms with E-state index in [-0.39, 0.29) is 15.9 Å². The molecular weight excluding hydrogens is 505 g/mol. The summed E-state index contributed by atoms with van der Waals surface area (Å²) >= 11 is 2.84. The summed E-state index contributed by atoms with van der Waals surface area (Å²) in [6.07, 6.45) is -3.21. The number of hydrogen-bond donors (Lipinski definition) is 2. The van der Waals surface area contributed by atoms with Crippen LogP contribution in [0.1, 0.15) is 21.6 Å². The Morgan fingerprint density at radius 1 is 1.09 bits per heavy atom. The van der Waals surface area contributed by atoms with Gasteiger partial charge >= 0.3 is 12.2 Å². The lowest BCUT2D eigenvalue weighted by Gasteiger charge is -2.18. The van der Waals surface area contributed by atoms with Gasteiger partial charge in [0.2, 0.25) is 0 Å². The number of carbonyl (C=O) groups is 2. The first-order valence-corrected chi connectivity index (χ1v) is 10.3. The van der Waals surface area contributed by atoms with Crippen LogP contribution in [0.2, 0.25) is 0 Å². The lowest BCUT2D eigenvalue weighted by atomic mass is 10.2. The van der Waals surface area contributed by atoms with Crippen LogP contribution in [-0.2, 0) is 6.18 Å². The number of hydrogen-bond acceptors (Lipinski definition) is 5. The Morgan fingerprint density at radius 2 is 1.82 bits per heavy atom. The number of rotatable bonds is 5. The highest BCUT2D eigenvalue weighted by Gasteiger charge is 2.33. The van der Waals surface area contributed by atoms with Gasteiger partial charge in [-0.2, -0.15) is 13.2 Å². The number of benzene rings is 2. The van der Waals surface area contributed by atoms with E-state index >= 15 is 0 Å². The van der Waals surface area contributed by atoms with Crippen molar-refractivity contribution in [1.82, 2.24) is 15.3 Å². The zero-order chi connectivity index (χ0) is 24.2. The van der Waals surface area contributed by atoms with Gasteiger partial charge in [-0.15, -0.1) is 0 Å². The van der Waals surface area contributed by atoms with Crippen LogP contribution in [0.5, 0.6) is 11.5 Å². The molecule has 7 nitrogen and oxygen atoms in total. The molecule has 33 heavy (non-hydrogen) atoms. The Bertz CT molecular complexity index is 1190. The lowest BCUT2D eigenvalue weighted by Crippen LogP contribution is -2.43. The van der Waals surface area contributed by atoms with E-state index in [0.717, 1.165) is 16.5 Å². The molecule has 0 spiro atoms. The first-order chi connectivity index (χ1) is 15.6. The molecule has 1 heterocycles. The van der Waals surface area contributed by atoms with Crippen molar-refractivity contribution in [2.75, 3.05) is 12.5 Å². The van der Waals surface area contributed by atoms with E-state index in [1.807, 2.05) is 25.1 Å². The maximum Gasteiger partial charge on any atom is 0.417 e. The number of amides is 3. The number of ether oxygens (including phenoxy) is 1. The van der Waals surface area contributed by atoms with Gasteiger partial charge in [0.25, 0.3) is 5.91 Å². The summed E-state index contributed by atoms with van der Waals surface area (Å²) in [6.45, 7) is 1.87. The average Bonchev–Trinajstić information content (AvgIpc) is 2.78. The number of pyridine rings is 1. The van der Waals surface area contributed by atoms with Gasteiger partial charge in [0.1, 0.15) is 17.2 Å². The fraction of sp³-hybridized carbons (Fsp3) is 0.136. The number of nitrogens with zero attached hydrogens (tertiary/aromatic N) is 2. The predicted octanol–water partition coefficient (Wildman–Crippen LogP) is 5.77. The number of aryl methyl sites for hydroxylation is 1. The highest BCUT2D eigenvalue weighted by molar-refractivity contribution is 9.10. The Labute approximate surface area is 195 Å². The number of carbonyl (C=O) groups excluding carboxylic acids is 2. The first kappa shape index (κ1) is 24.1. The fourth-order valence-corrected chi connectivity index (χ4v) is 3.15.